The average Bonchev–Trinajstić information content (AvgIpc) is 3.68. The summed E-state index contributed by atoms with van der Waals surface area (Å²) in [5, 5.41) is 18.9. The topological polar surface area (TPSA) is 121 Å². The van der Waals surface area contributed by atoms with Gasteiger partial charge in [-0.05, 0) is 30.9 Å². The van der Waals surface area contributed by atoms with Gasteiger partial charge in [-0.3, -0.25) is 14.4 Å². The molecule has 3 aliphatic heterocycles. The van der Waals surface area contributed by atoms with Crippen molar-refractivity contribution in [2.45, 2.75) is 57.1 Å². The number of likely N-dealkylation sites (tertiary alicyclic amines) is 1. The van der Waals surface area contributed by atoms with Crippen LogP contribution in [0.25, 0.3) is 11.0 Å². The predicted octanol–water partition coefficient (Wildman–Crippen LogP) is 1.44. The van der Waals surface area contributed by atoms with E-state index in [1.54, 1.807) is 33.7 Å². The van der Waals surface area contributed by atoms with Crippen LogP contribution in [0.5, 0.6) is 0 Å². The SMILES string of the molecule is C=CCN(C)C(=O)[C@@H]1[C@H]2C(=O)N([C@@H](CO)C(C)C)C(C(=O)N(CC=C)Cn3nnc4ccccc43)C23CC[C@H]1O3. The molecule has 40 heavy (non-hydrogen) atoms. The fraction of sp³-hybridized carbons (Fsp3) is 0.552. The molecule has 2 bridgehead atoms. The first kappa shape index (κ1) is 28.0. The summed E-state index contributed by atoms with van der Waals surface area (Å²) in [6, 6.07) is 5.84. The molecular formula is C29H38N6O5. The van der Waals surface area contributed by atoms with Gasteiger partial charge in [-0.15, -0.1) is 18.3 Å². The van der Waals surface area contributed by atoms with Gasteiger partial charge in [-0.25, -0.2) is 4.68 Å². The van der Waals surface area contributed by atoms with Crippen LogP contribution in [-0.2, 0) is 25.8 Å². The summed E-state index contributed by atoms with van der Waals surface area (Å²) >= 11 is 0. The lowest BCUT2D eigenvalue weighted by Gasteiger charge is -2.40. The number of rotatable bonds is 11. The van der Waals surface area contributed by atoms with E-state index in [1.165, 1.54) is 4.90 Å². The van der Waals surface area contributed by atoms with Crippen molar-refractivity contribution in [3.8, 4) is 0 Å². The van der Waals surface area contributed by atoms with E-state index in [9.17, 15) is 19.5 Å². The number of ether oxygens (including phenoxy) is 1. The summed E-state index contributed by atoms with van der Waals surface area (Å²) in [4.78, 5) is 47.1. The van der Waals surface area contributed by atoms with Gasteiger partial charge in [0.05, 0.1) is 36.1 Å². The number of fused-ring (bicyclic) bond motifs is 2. The van der Waals surface area contributed by atoms with Crippen LogP contribution >= 0.6 is 0 Å². The highest BCUT2D eigenvalue weighted by molar-refractivity contribution is 5.99. The Morgan fingerprint density at radius 2 is 1.95 bits per heavy atom. The molecule has 0 aliphatic carbocycles. The third-order valence-corrected chi connectivity index (χ3v) is 8.74. The van der Waals surface area contributed by atoms with Gasteiger partial charge < -0.3 is 24.5 Å². The molecule has 3 aliphatic rings. The monoisotopic (exact) mass is 550 g/mol. The maximum Gasteiger partial charge on any atom is 0.250 e. The van der Waals surface area contributed by atoms with Gasteiger partial charge in [-0.2, -0.15) is 0 Å². The van der Waals surface area contributed by atoms with E-state index >= 15 is 0 Å². The first-order valence-electron chi connectivity index (χ1n) is 13.8. The van der Waals surface area contributed by atoms with Gasteiger partial charge >= 0.3 is 0 Å². The van der Waals surface area contributed by atoms with Crippen molar-refractivity contribution < 1.29 is 24.2 Å². The van der Waals surface area contributed by atoms with Crippen LogP contribution in [0.3, 0.4) is 0 Å². The number of likely N-dealkylation sites (N-methyl/N-ethyl adjacent to an activating group) is 1. The van der Waals surface area contributed by atoms with Crippen molar-refractivity contribution in [1.82, 2.24) is 29.7 Å². The Bertz CT molecular complexity index is 1320. The van der Waals surface area contributed by atoms with Crippen LogP contribution in [0.2, 0.25) is 0 Å². The number of para-hydroxylation sites is 1. The Kier molecular flexibility index (Phi) is 7.54. The van der Waals surface area contributed by atoms with E-state index in [0.29, 0.717) is 24.9 Å². The molecule has 1 aromatic heterocycles. The van der Waals surface area contributed by atoms with E-state index in [2.05, 4.69) is 23.5 Å². The molecule has 3 amide bonds. The van der Waals surface area contributed by atoms with E-state index in [4.69, 9.17) is 4.74 Å². The number of amides is 3. The molecule has 11 heteroatoms. The largest absolute Gasteiger partial charge is 0.394 e. The highest BCUT2D eigenvalue weighted by Gasteiger charge is 2.75. The number of carbonyl (C=O) groups is 3. The molecule has 2 aromatic rings. The molecule has 11 nitrogen and oxygen atoms in total. The van der Waals surface area contributed by atoms with Crippen molar-refractivity contribution in [1.29, 1.82) is 0 Å². The highest BCUT2D eigenvalue weighted by Crippen LogP contribution is 2.59. The van der Waals surface area contributed by atoms with Crippen molar-refractivity contribution in [2.75, 3.05) is 26.7 Å². The van der Waals surface area contributed by atoms with Crippen molar-refractivity contribution in [3.05, 3.63) is 49.6 Å². The van der Waals surface area contributed by atoms with Gasteiger partial charge in [0.1, 0.15) is 23.8 Å². The molecule has 3 saturated heterocycles. The van der Waals surface area contributed by atoms with E-state index in [-0.39, 0.29) is 43.5 Å². The standard InChI is InChI=1S/C29H38N6O5/c1-6-14-32(5)26(37)23-22-12-13-29(40-22)24(23)27(38)35(21(16-36)18(3)4)25(29)28(39)33(15-7-2)17-34-20-11-9-8-10-19(20)30-31-34/h6-11,18,21-25,36H,1-2,12-17H2,3-5H3/t21-,22+,23-,24-,25?,29?/m0/s1. The zero-order valence-electron chi connectivity index (χ0n) is 23.3. The third kappa shape index (κ3) is 4.23. The van der Waals surface area contributed by atoms with Gasteiger partial charge in [0.25, 0.3) is 0 Å². The molecular weight excluding hydrogens is 512 g/mol. The number of hydrogen-bond acceptors (Lipinski definition) is 7. The lowest BCUT2D eigenvalue weighted by Crippen LogP contribution is -2.59. The van der Waals surface area contributed by atoms with E-state index < -0.39 is 35.6 Å². The van der Waals surface area contributed by atoms with Crippen LogP contribution in [0, 0.1) is 17.8 Å². The summed E-state index contributed by atoms with van der Waals surface area (Å²) in [6.07, 6.45) is 3.85. The smallest absolute Gasteiger partial charge is 0.250 e. The van der Waals surface area contributed by atoms with Crippen molar-refractivity contribution in [2.24, 2.45) is 17.8 Å². The maximum atomic E-state index is 14.6. The minimum atomic E-state index is -1.17. The molecule has 3 fully saturated rings. The molecule has 0 saturated carbocycles. The average molecular weight is 551 g/mol. The summed E-state index contributed by atoms with van der Waals surface area (Å²) in [5.74, 6) is -2.50. The summed E-state index contributed by atoms with van der Waals surface area (Å²) in [7, 11) is 1.68. The number of nitrogens with zero attached hydrogens (tertiary/aromatic N) is 6. The van der Waals surface area contributed by atoms with E-state index in [0.717, 1.165) is 5.52 Å². The molecule has 4 heterocycles. The second kappa shape index (κ2) is 10.8. The number of aromatic nitrogens is 3. The summed E-state index contributed by atoms with van der Waals surface area (Å²) in [6.45, 7) is 11.7. The van der Waals surface area contributed by atoms with Crippen LogP contribution in [0.1, 0.15) is 26.7 Å². The fourth-order valence-electron chi connectivity index (χ4n) is 6.90. The molecule has 214 valence electrons. The number of hydrogen-bond donors (Lipinski definition) is 1. The Hall–Kier alpha value is -3.57. The minimum absolute atomic E-state index is 0.0873. The molecule has 2 unspecified atom stereocenters. The number of aliphatic hydroxyl groups is 1. The molecule has 1 aromatic carbocycles. The zero-order chi connectivity index (χ0) is 28.8. The fourth-order valence-corrected chi connectivity index (χ4v) is 6.90. The Labute approximate surface area is 234 Å². The summed E-state index contributed by atoms with van der Waals surface area (Å²) in [5.41, 5.74) is 0.303. The lowest BCUT2D eigenvalue weighted by molar-refractivity contribution is -0.153. The zero-order valence-corrected chi connectivity index (χ0v) is 23.3. The molecule has 1 spiro atoms. The van der Waals surface area contributed by atoms with Crippen LogP contribution in [0.4, 0.5) is 0 Å². The molecule has 1 N–H and O–H groups in total. The third-order valence-electron chi connectivity index (χ3n) is 8.74. The Morgan fingerprint density at radius 3 is 2.62 bits per heavy atom. The predicted molar refractivity (Wildman–Crippen MR) is 147 cm³/mol. The van der Waals surface area contributed by atoms with Gasteiger partial charge in [0.15, 0.2) is 0 Å². The van der Waals surface area contributed by atoms with Crippen LogP contribution in [-0.4, -0.2) is 103 Å². The molecule has 0 radical (unpaired) electrons. The van der Waals surface area contributed by atoms with E-state index in [1.807, 2.05) is 38.1 Å². The quantitative estimate of drug-likeness (QED) is 0.420. The second-order valence-corrected chi connectivity index (χ2v) is 11.4. The highest BCUT2D eigenvalue weighted by atomic mass is 16.5. The van der Waals surface area contributed by atoms with Crippen LogP contribution < -0.4 is 0 Å². The first-order chi connectivity index (χ1) is 19.2. The van der Waals surface area contributed by atoms with Crippen LogP contribution in [0.15, 0.2) is 49.6 Å². The molecule has 6 atom stereocenters. The Balaban J connectivity index is 1.56. The second-order valence-electron chi connectivity index (χ2n) is 11.4. The van der Waals surface area contributed by atoms with Gasteiger partial charge in [0, 0.05) is 20.1 Å². The molecule has 5 rings (SSSR count). The number of aliphatic hydroxyl groups excluding tert-OH is 1. The van der Waals surface area contributed by atoms with Crippen molar-refractivity contribution in [3.63, 3.8) is 0 Å². The first-order valence-corrected chi connectivity index (χ1v) is 13.8. The van der Waals surface area contributed by atoms with Crippen molar-refractivity contribution >= 4 is 28.8 Å². The lowest BCUT2D eigenvalue weighted by atomic mass is 9.70. The normalized spacial score (nSPS) is 27.7. The number of carbonyl (C=O) groups excluding carboxylic acids is 3. The minimum Gasteiger partial charge on any atom is -0.394 e. The van der Waals surface area contributed by atoms with Gasteiger partial charge in [0.2, 0.25) is 17.7 Å². The number of benzene rings is 1. The maximum absolute atomic E-state index is 14.6. The summed E-state index contributed by atoms with van der Waals surface area (Å²) < 4.78 is 8.20. The Morgan fingerprint density at radius 1 is 1.23 bits per heavy atom. The van der Waals surface area contributed by atoms with Gasteiger partial charge in [-0.1, -0.05) is 43.3 Å².